The van der Waals surface area contributed by atoms with Gasteiger partial charge in [0.2, 0.25) is 0 Å². The highest BCUT2D eigenvalue weighted by atomic mass is 16.6. The molecule has 0 aromatic heterocycles. The molecule has 0 saturated carbocycles. The van der Waals surface area contributed by atoms with Crippen LogP contribution in [0.4, 0.5) is 0 Å². The Bertz CT molecular complexity index is 932. The number of hydrogen-bond donors (Lipinski definition) is 0. The molecule has 0 aliphatic rings. The summed E-state index contributed by atoms with van der Waals surface area (Å²) in [5.41, 5.74) is 0. The number of likely N-dealkylation sites (N-methyl/N-ethyl adjacent to an activating group) is 1. The number of carbonyl (C=O) groups is 3. The van der Waals surface area contributed by atoms with E-state index in [1.807, 2.05) is 6.08 Å². The molecule has 0 saturated heterocycles. The summed E-state index contributed by atoms with van der Waals surface area (Å²) >= 11 is 0. The molecule has 0 aliphatic carbocycles. The maximum atomic E-state index is 12.5. The van der Waals surface area contributed by atoms with Gasteiger partial charge in [-0.15, -0.1) is 0 Å². The topological polar surface area (TPSA) is 102 Å². The number of rotatable bonds is 32. The van der Waals surface area contributed by atoms with Gasteiger partial charge in [0.05, 0.1) is 40.3 Å². The molecule has 8 nitrogen and oxygen atoms in total. The van der Waals surface area contributed by atoms with Crippen molar-refractivity contribution in [2.75, 3.05) is 41.0 Å². The Labute approximate surface area is 293 Å². The van der Waals surface area contributed by atoms with Gasteiger partial charge in [-0.2, -0.15) is 0 Å². The van der Waals surface area contributed by atoms with Crippen molar-refractivity contribution in [3.05, 3.63) is 48.6 Å². The summed E-state index contributed by atoms with van der Waals surface area (Å²) in [4.78, 5) is 36.4. The van der Waals surface area contributed by atoms with Gasteiger partial charge in [-0.05, 0) is 57.8 Å². The predicted octanol–water partition coefficient (Wildman–Crippen LogP) is 7.96. The van der Waals surface area contributed by atoms with Crippen molar-refractivity contribution < 1.29 is 38.2 Å². The maximum absolute atomic E-state index is 12.5. The smallest absolute Gasteiger partial charge is 0.306 e. The molecule has 2 unspecified atom stereocenters. The zero-order chi connectivity index (χ0) is 35.7. The van der Waals surface area contributed by atoms with Crippen molar-refractivity contribution in [1.82, 2.24) is 0 Å². The van der Waals surface area contributed by atoms with Gasteiger partial charge in [0.1, 0.15) is 12.6 Å². The normalized spacial score (nSPS) is 13.6. The van der Waals surface area contributed by atoms with E-state index in [1.165, 1.54) is 57.8 Å². The van der Waals surface area contributed by atoms with E-state index in [2.05, 4.69) is 56.4 Å². The molecule has 0 bridgehead atoms. The van der Waals surface area contributed by atoms with Crippen LogP contribution in [0.5, 0.6) is 0 Å². The molecule has 0 radical (unpaired) electrons. The van der Waals surface area contributed by atoms with E-state index in [1.54, 1.807) is 21.1 Å². The van der Waals surface area contributed by atoms with E-state index in [0.717, 1.165) is 32.1 Å². The van der Waals surface area contributed by atoms with Crippen LogP contribution in [0.1, 0.15) is 136 Å². The molecule has 0 fully saturated rings. The van der Waals surface area contributed by atoms with E-state index in [9.17, 15) is 19.5 Å². The number of nitrogens with zero attached hydrogens (tertiary/aromatic N) is 1. The number of carbonyl (C=O) groups excluding carboxylic acids is 3. The number of unbranched alkanes of at least 4 members (excludes halogenated alkanes) is 10. The number of carboxylic acid groups (broad SMARTS) is 1. The second-order valence-corrected chi connectivity index (χ2v) is 13.4. The highest BCUT2D eigenvalue weighted by Crippen LogP contribution is 2.10. The summed E-state index contributed by atoms with van der Waals surface area (Å²) in [6, 6.07) is -0.736. The van der Waals surface area contributed by atoms with Gasteiger partial charge >= 0.3 is 11.9 Å². The lowest BCUT2D eigenvalue weighted by Crippen LogP contribution is -2.55. The molecule has 276 valence electrons. The molecule has 0 spiro atoms. The van der Waals surface area contributed by atoms with Gasteiger partial charge in [-0.1, -0.05) is 107 Å². The number of carboxylic acids is 1. The maximum Gasteiger partial charge on any atom is 0.306 e. The molecule has 0 N–H and O–H groups in total. The largest absolute Gasteiger partial charge is 0.544 e. The summed E-state index contributed by atoms with van der Waals surface area (Å²) < 4.78 is 16.9. The van der Waals surface area contributed by atoms with Crippen LogP contribution in [-0.2, 0) is 28.6 Å². The summed E-state index contributed by atoms with van der Waals surface area (Å²) in [7, 11) is 5.36. The summed E-state index contributed by atoms with van der Waals surface area (Å²) in [5, 5.41) is 11.5. The molecular formula is C40H69NO7. The average molecular weight is 676 g/mol. The number of esters is 2. The lowest BCUT2D eigenvalue weighted by Gasteiger charge is -2.34. The van der Waals surface area contributed by atoms with E-state index >= 15 is 0 Å². The van der Waals surface area contributed by atoms with Crippen LogP contribution in [0.3, 0.4) is 0 Å². The van der Waals surface area contributed by atoms with Crippen molar-refractivity contribution in [2.24, 2.45) is 0 Å². The minimum atomic E-state index is -1.14. The Balaban J connectivity index is 4.46. The zero-order valence-electron chi connectivity index (χ0n) is 31.1. The van der Waals surface area contributed by atoms with Crippen LogP contribution in [0.25, 0.3) is 0 Å². The molecule has 8 heteroatoms. The Kier molecular flexibility index (Phi) is 29.8. The van der Waals surface area contributed by atoms with Crippen molar-refractivity contribution in [2.45, 2.75) is 148 Å². The fourth-order valence-electron chi connectivity index (χ4n) is 4.98. The van der Waals surface area contributed by atoms with Crippen molar-refractivity contribution in [3.8, 4) is 0 Å². The van der Waals surface area contributed by atoms with Gasteiger partial charge < -0.3 is 28.6 Å². The average Bonchev–Trinajstić information content (AvgIpc) is 3.03. The van der Waals surface area contributed by atoms with Crippen molar-refractivity contribution in [1.29, 1.82) is 0 Å². The third-order valence-corrected chi connectivity index (χ3v) is 7.95. The van der Waals surface area contributed by atoms with Gasteiger partial charge in [-0.3, -0.25) is 9.59 Å². The number of ether oxygens (including phenoxy) is 3. The number of hydrogen-bond acceptors (Lipinski definition) is 7. The summed E-state index contributed by atoms with van der Waals surface area (Å²) in [6.07, 6.45) is 34.6. The molecule has 0 aromatic rings. The zero-order valence-corrected chi connectivity index (χ0v) is 31.1. The van der Waals surface area contributed by atoms with Gasteiger partial charge in [0.25, 0.3) is 0 Å². The van der Waals surface area contributed by atoms with Crippen LogP contribution < -0.4 is 5.11 Å². The van der Waals surface area contributed by atoms with E-state index in [-0.39, 0.29) is 55.5 Å². The molecule has 2 atom stereocenters. The van der Waals surface area contributed by atoms with Crippen LogP contribution in [0.2, 0.25) is 0 Å². The Morgan fingerprint density at radius 3 is 1.77 bits per heavy atom. The van der Waals surface area contributed by atoms with E-state index in [0.29, 0.717) is 12.8 Å². The Hall–Kier alpha value is -2.71. The molecule has 0 aromatic carbocycles. The highest BCUT2D eigenvalue weighted by molar-refractivity contribution is 5.70. The Morgan fingerprint density at radius 2 is 1.15 bits per heavy atom. The minimum absolute atomic E-state index is 0.00790. The van der Waals surface area contributed by atoms with E-state index in [4.69, 9.17) is 14.2 Å². The SMILES string of the molecule is CCCCC/C=C/CCC(=O)OC(COCCC(C(=O)[O-])[N+](C)(C)C)COC(=O)CCC/C=C/C/C=C/C/C=C/CCCCCCCC. The molecule has 0 aliphatic heterocycles. The predicted molar refractivity (Wildman–Crippen MR) is 194 cm³/mol. The second kappa shape index (κ2) is 31.6. The quantitative estimate of drug-likeness (QED) is 0.0309. The third kappa shape index (κ3) is 29.4. The number of allylic oxidation sites excluding steroid dienone is 8. The third-order valence-electron chi connectivity index (χ3n) is 7.95. The monoisotopic (exact) mass is 676 g/mol. The second-order valence-electron chi connectivity index (χ2n) is 13.4. The molecular weight excluding hydrogens is 606 g/mol. The van der Waals surface area contributed by atoms with Gasteiger partial charge in [-0.25, -0.2) is 0 Å². The van der Waals surface area contributed by atoms with Crippen LogP contribution >= 0.6 is 0 Å². The van der Waals surface area contributed by atoms with E-state index < -0.39 is 18.1 Å². The van der Waals surface area contributed by atoms with Gasteiger partial charge in [0.15, 0.2) is 6.10 Å². The van der Waals surface area contributed by atoms with Gasteiger partial charge in [0, 0.05) is 19.3 Å². The van der Waals surface area contributed by atoms with Crippen molar-refractivity contribution in [3.63, 3.8) is 0 Å². The first-order chi connectivity index (χ1) is 23.1. The Morgan fingerprint density at radius 1 is 0.625 bits per heavy atom. The first-order valence-corrected chi connectivity index (χ1v) is 18.7. The fourth-order valence-corrected chi connectivity index (χ4v) is 4.98. The van der Waals surface area contributed by atoms with Crippen LogP contribution in [0, 0.1) is 0 Å². The molecule has 48 heavy (non-hydrogen) atoms. The summed E-state index contributed by atoms with van der Waals surface area (Å²) in [6.45, 7) is 4.46. The first-order valence-electron chi connectivity index (χ1n) is 18.7. The fraction of sp³-hybridized carbons (Fsp3) is 0.725. The highest BCUT2D eigenvalue weighted by Gasteiger charge is 2.25. The van der Waals surface area contributed by atoms with Crippen LogP contribution in [0.15, 0.2) is 48.6 Å². The van der Waals surface area contributed by atoms with Crippen LogP contribution in [-0.4, -0.2) is 75.5 Å². The molecule has 0 rings (SSSR count). The number of quaternary nitrogens is 1. The first kappa shape index (κ1) is 45.3. The minimum Gasteiger partial charge on any atom is -0.544 e. The van der Waals surface area contributed by atoms with Crippen molar-refractivity contribution >= 4 is 17.9 Å². The lowest BCUT2D eigenvalue weighted by molar-refractivity contribution is -0.889. The molecule has 0 amide bonds. The molecule has 0 heterocycles. The number of aliphatic carboxylic acids is 1. The standard InChI is InChI=1S/C40H69NO7/c1-6-8-10-12-14-15-16-17-18-19-20-21-22-23-25-26-28-30-38(42)47-35-36(34-46-33-32-37(40(44)45)41(3,4)5)48-39(43)31-29-27-24-13-11-9-7-2/h17-18,20-21,23-25,27,36-37H,6-16,19,22,26,28-35H2,1-5H3/b18-17+,21-20+,25-23+,27-24+. The lowest BCUT2D eigenvalue weighted by atomic mass is 10.1. The summed E-state index contributed by atoms with van der Waals surface area (Å²) in [5.74, 6) is -1.88.